The highest BCUT2D eigenvalue weighted by molar-refractivity contribution is 7.17. The third kappa shape index (κ3) is 5.29. The number of fused-ring (bicyclic) bond motifs is 1. The summed E-state index contributed by atoms with van der Waals surface area (Å²) >= 11 is 1.46. The van der Waals surface area contributed by atoms with E-state index in [1.54, 1.807) is 10.7 Å². The van der Waals surface area contributed by atoms with Crippen molar-refractivity contribution in [2.24, 2.45) is 0 Å². The summed E-state index contributed by atoms with van der Waals surface area (Å²) < 4.78 is 6.77. The highest BCUT2D eigenvalue weighted by Crippen LogP contribution is 2.38. The van der Waals surface area contributed by atoms with Crippen molar-refractivity contribution >= 4 is 40.6 Å². The van der Waals surface area contributed by atoms with Crippen LogP contribution in [0.5, 0.6) is 0 Å². The van der Waals surface area contributed by atoms with E-state index in [1.165, 1.54) is 24.0 Å². The van der Waals surface area contributed by atoms with Gasteiger partial charge in [0, 0.05) is 30.6 Å². The standard InChI is InChI=1S/C24H28N4O3S.ClH/c1-15(2)28-19(12-16(3)26-28)22(29)25-23-21(24(30)31-4)18-10-11-27(14-20(18)32-23)13-17-8-6-5-7-9-17;/h5-9,12,15H,10-11,13-14H2,1-4H3,(H,25,29);1H. The summed E-state index contributed by atoms with van der Waals surface area (Å²) in [5.41, 5.74) is 3.97. The van der Waals surface area contributed by atoms with Crippen LogP contribution in [0, 0.1) is 6.92 Å². The maximum atomic E-state index is 13.1. The van der Waals surface area contributed by atoms with Crippen molar-refractivity contribution in [3.63, 3.8) is 0 Å². The van der Waals surface area contributed by atoms with E-state index in [-0.39, 0.29) is 24.4 Å². The molecule has 0 saturated heterocycles. The molecule has 0 saturated carbocycles. The second-order valence-corrected chi connectivity index (χ2v) is 9.41. The highest BCUT2D eigenvalue weighted by Gasteiger charge is 2.30. The van der Waals surface area contributed by atoms with E-state index < -0.39 is 5.97 Å². The van der Waals surface area contributed by atoms with Crippen LogP contribution in [0.15, 0.2) is 36.4 Å². The number of halogens is 1. The number of carbonyl (C=O) groups excluding carboxylic acids is 2. The van der Waals surface area contributed by atoms with Gasteiger partial charge in [0.25, 0.3) is 5.91 Å². The van der Waals surface area contributed by atoms with Crippen LogP contribution >= 0.6 is 23.7 Å². The zero-order valence-corrected chi connectivity index (χ0v) is 20.9. The summed E-state index contributed by atoms with van der Waals surface area (Å²) in [6.45, 7) is 8.25. The highest BCUT2D eigenvalue weighted by atomic mass is 35.5. The van der Waals surface area contributed by atoms with E-state index in [0.717, 1.165) is 42.2 Å². The zero-order chi connectivity index (χ0) is 22.8. The molecule has 0 unspecified atom stereocenters. The molecule has 0 aliphatic carbocycles. The molecule has 0 atom stereocenters. The molecule has 33 heavy (non-hydrogen) atoms. The van der Waals surface area contributed by atoms with Crippen LogP contribution in [-0.2, 0) is 24.2 Å². The second-order valence-electron chi connectivity index (χ2n) is 8.31. The molecular weight excluding hydrogens is 460 g/mol. The van der Waals surface area contributed by atoms with E-state index >= 15 is 0 Å². The Hall–Kier alpha value is -2.68. The number of thiophene rings is 1. The number of carbonyl (C=O) groups is 2. The van der Waals surface area contributed by atoms with Crippen LogP contribution in [0.1, 0.15) is 62.4 Å². The monoisotopic (exact) mass is 488 g/mol. The van der Waals surface area contributed by atoms with Gasteiger partial charge in [0.2, 0.25) is 0 Å². The van der Waals surface area contributed by atoms with Crippen molar-refractivity contribution in [1.82, 2.24) is 14.7 Å². The first-order valence-corrected chi connectivity index (χ1v) is 11.6. The molecule has 4 rings (SSSR count). The molecule has 0 fully saturated rings. The van der Waals surface area contributed by atoms with Crippen LogP contribution < -0.4 is 5.32 Å². The number of anilines is 1. The SMILES string of the molecule is COC(=O)c1c(NC(=O)c2cc(C)nn2C(C)C)sc2c1CCN(Cc1ccccc1)C2.Cl. The van der Waals surface area contributed by atoms with Crippen molar-refractivity contribution in [2.75, 3.05) is 19.0 Å². The number of aryl methyl sites for hydroxylation is 1. The quantitative estimate of drug-likeness (QED) is 0.502. The third-order valence-corrected chi connectivity index (χ3v) is 6.71. The van der Waals surface area contributed by atoms with Crippen molar-refractivity contribution in [3.05, 3.63) is 69.4 Å². The van der Waals surface area contributed by atoms with Gasteiger partial charge in [-0.15, -0.1) is 23.7 Å². The Labute approximate surface area is 204 Å². The number of hydrogen-bond acceptors (Lipinski definition) is 6. The fraction of sp³-hybridized carbons (Fsp3) is 0.375. The molecule has 1 aromatic carbocycles. The number of amides is 1. The minimum Gasteiger partial charge on any atom is -0.465 e. The number of aromatic nitrogens is 2. The number of nitrogens with zero attached hydrogens (tertiary/aromatic N) is 3. The van der Waals surface area contributed by atoms with Crippen LogP contribution in [0.2, 0.25) is 0 Å². The molecule has 0 bridgehead atoms. The molecule has 3 heterocycles. The van der Waals surface area contributed by atoms with E-state index in [1.807, 2.05) is 39.0 Å². The zero-order valence-electron chi connectivity index (χ0n) is 19.3. The molecule has 0 radical (unpaired) electrons. The van der Waals surface area contributed by atoms with E-state index in [9.17, 15) is 9.59 Å². The average molecular weight is 489 g/mol. The summed E-state index contributed by atoms with van der Waals surface area (Å²) in [6.07, 6.45) is 0.738. The predicted octanol–water partition coefficient (Wildman–Crippen LogP) is 4.85. The van der Waals surface area contributed by atoms with Crippen LogP contribution in [0.4, 0.5) is 5.00 Å². The molecular formula is C24H29ClN4O3S. The van der Waals surface area contributed by atoms with Crippen LogP contribution in [-0.4, -0.2) is 40.2 Å². The Morgan fingerprint density at radius 3 is 2.64 bits per heavy atom. The lowest BCUT2D eigenvalue weighted by Crippen LogP contribution is -2.29. The topological polar surface area (TPSA) is 76.5 Å². The Morgan fingerprint density at radius 2 is 1.97 bits per heavy atom. The summed E-state index contributed by atoms with van der Waals surface area (Å²) in [7, 11) is 1.37. The maximum Gasteiger partial charge on any atom is 0.341 e. The molecule has 3 aromatic rings. The fourth-order valence-electron chi connectivity index (χ4n) is 4.09. The van der Waals surface area contributed by atoms with Gasteiger partial charge in [-0.2, -0.15) is 5.10 Å². The molecule has 9 heteroatoms. The van der Waals surface area contributed by atoms with Gasteiger partial charge in [-0.25, -0.2) is 4.79 Å². The Morgan fingerprint density at radius 1 is 1.24 bits per heavy atom. The van der Waals surface area contributed by atoms with Gasteiger partial charge < -0.3 is 10.1 Å². The largest absolute Gasteiger partial charge is 0.465 e. The average Bonchev–Trinajstić information content (AvgIpc) is 3.34. The minimum atomic E-state index is -0.414. The molecule has 1 amide bonds. The summed E-state index contributed by atoms with van der Waals surface area (Å²) in [5.74, 6) is -0.688. The second kappa shape index (κ2) is 10.5. The third-order valence-electron chi connectivity index (χ3n) is 5.58. The van der Waals surface area contributed by atoms with Gasteiger partial charge in [-0.3, -0.25) is 14.4 Å². The molecule has 7 nitrogen and oxygen atoms in total. The minimum absolute atomic E-state index is 0. The van der Waals surface area contributed by atoms with Gasteiger partial charge in [-0.05, 0) is 44.4 Å². The van der Waals surface area contributed by atoms with Crippen molar-refractivity contribution in [3.8, 4) is 0 Å². The number of benzene rings is 1. The van der Waals surface area contributed by atoms with Crippen LogP contribution in [0.3, 0.4) is 0 Å². The summed E-state index contributed by atoms with van der Waals surface area (Å²) in [5, 5.41) is 7.94. The smallest absolute Gasteiger partial charge is 0.341 e. The van der Waals surface area contributed by atoms with Crippen molar-refractivity contribution in [2.45, 2.75) is 46.3 Å². The summed E-state index contributed by atoms with van der Waals surface area (Å²) in [4.78, 5) is 29.2. The van der Waals surface area contributed by atoms with Crippen LogP contribution in [0.25, 0.3) is 0 Å². The molecule has 176 valence electrons. The predicted molar refractivity (Wildman–Crippen MR) is 132 cm³/mol. The van der Waals surface area contributed by atoms with E-state index in [0.29, 0.717) is 16.3 Å². The Kier molecular flexibility index (Phi) is 7.94. The van der Waals surface area contributed by atoms with Gasteiger partial charge in [0.1, 0.15) is 10.7 Å². The van der Waals surface area contributed by atoms with Gasteiger partial charge in [-0.1, -0.05) is 30.3 Å². The van der Waals surface area contributed by atoms with Gasteiger partial charge >= 0.3 is 5.97 Å². The lowest BCUT2D eigenvalue weighted by atomic mass is 10.0. The first-order chi connectivity index (χ1) is 15.4. The molecule has 1 aliphatic heterocycles. The lowest BCUT2D eigenvalue weighted by Gasteiger charge is -2.27. The number of methoxy groups -OCH3 is 1. The van der Waals surface area contributed by atoms with Crippen molar-refractivity contribution < 1.29 is 14.3 Å². The first-order valence-electron chi connectivity index (χ1n) is 10.7. The fourth-order valence-corrected chi connectivity index (χ4v) is 5.36. The Bertz CT molecular complexity index is 1140. The maximum absolute atomic E-state index is 13.1. The van der Waals surface area contributed by atoms with E-state index in [4.69, 9.17) is 4.74 Å². The Balaban J connectivity index is 0.00000306. The molecule has 1 N–H and O–H groups in total. The number of ether oxygens (including phenoxy) is 1. The number of esters is 1. The molecule has 1 aliphatic rings. The first kappa shape index (κ1) is 25.0. The van der Waals surface area contributed by atoms with Gasteiger partial charge in [0.15, 0.2) is 0 Å². The normalized spacial score (nSPS) is 13.4. The summed E-state index contributed by atoms with van der Waals surface area (Å²) in [6, 6.07) is 12.2. The van der Waals surface area contributed by atoms with Gasteiger partial charge in [0.05, 0.1) is 18.4 Å². The van der Waals surface area contributed by atoms with E-state index in [2.05, 4.69) is 27.4 Å². The lowest BCUT2D eigenvalue weighted by molar-refractivity contribution is 0.0600. The molecule has 2 aromatic heterocycles. The number of rotatable bonds is 6. The number of nitrogens with one attached hydrogen (secondary N) is 1. The van der Waals surface area contributed by atoms with Crippen molar-refractivity contribution in [1.29, 1.82) is 0 Å². The molecule has 0 spiro atoms. The number of hydrogen-bond donors (Lipinski definition) is 1.